The van der Waals surface area contributed by atoms with Crippen LogP contribution in [0.1, 0.15) is 34.7 Å². The van der Waals surface area contributed by atoms with Gasteiger partial charge in [-0.2, -0.15) is 0 Å². The molecule has 0 bridgehead atoms. The van der Waals surface area contributed by atoms with Gasteiger partial charge in [-0.1, -0.05) is 0 Å². The van der Waals surface area contributed by atoms with E-state index in [-0.39, 0.29) is 12.4 Å². The molecule has 0 amide bonds. The number of hydrogen-bond donors (Lipinski definition) is 0. The first-order valence-corrected chi connectivity index (χ1v) is 5.61. The smallest absolute Gasteiger partial charge is 0.308 e. The Kier molecular flexibility index (Phi) is 4.05. The van der Waals surface area contributed by atoms with Crippen LogP contribution in [-0.4, -0.2) is 12.3 Å². The lowest BCUT2D eigenvalue weighted by Crippen LogP contribution is -2.10. The lowest BCUT2D eigenvalue weighted by Gasteiger charge is -2.18. The summed E-state index contributed by atoms with van der Waals surface area (Å²) in [5, 5.41) is 0. The van der Waals surface area contributed by atoms with E-state index in [9.17, 15) is 9.59 Å². The summed E-state index contributed by atoms with van der Waals surface area (Å²) in [5.74, 6) is 0.188. The van der Waals surface area contributed by atoms with Gasteiger partial charge in [0, 0.05) is 18.9 Å². The molecule has 0 aromatic heterocycles. The van der Waals surface area contributed by atoms with Crippen molar-refractivity contribution >= 4 is 12.3 Å². The third-order valence-electron chi connectivity index (χ3n) is 3.29. The van der Waals surface area contributed by atoms with Gasteiger partial charge in [-0.25, -0.2) is 0 Å². The second-order valence-corrected chi connectivity index (χ2v) is 4.27. The lowest BCUT2D eigenvalue weighted by atomic mass is 9.92. The van der Waals surface area contributed by atoms with Gasteiger partial charge in [-0.3, -0.25) is 4.79 Å². The Hall–Kier alpha value is -1.64. The van der Waals surface area contributed by atoms with E-state index in [0.29, 0.717) is 5.75 Å². The topological polar surface area (TPSA) is 43.4 Å². The van der Waals surface area contributed by atoms with Gasteiger partial charge < -0.3 is 9.53 Å². The van der Waals surface area contributed by atoms with Crippen molar-refractivity contribution in [2.75, 3.05) is 0 Å². The molecule has 3 heteroatoms. The molecule has 92 valence electrons. The van der Waals surface area contributed by atoms with Crippen molar-refractivity contribution in [2.45, 2.75) is 41.0 Å². The number of ether oxygens (including phenoxy) is 1. The number of rotatable bonds is 3. The van der Waals surface area contributed by atoms with E-state index < -0.39 is 0 Å². The summed E-state index contributed by atoms with van der Waals surface area (Å²) in [7, 11) is 0. The van der Waals surface area contributed by atoms with Crippen molar-refractivity contribution in [3.63, 3.8) is 0 Å². The van der Waals surface area contributed by atoms with E-state index in [2.05, 4.69) is 0 Å². The molecule has 0 radical (unpaired) electrons. The number of benzene rings is 1. The van der Waals surface area contributed by atoms with Crippen molar-refractivity contribution in [1.82, 2.24) is 0 Å². The minimum absolute atomic E-state index is 0.274. The Labute approximate surface area is 102 Å². The minimum Gasteiger partial charge on any atom is -0.426 e. The van der Waals surface area contributed by atoms with Gasteiger partial charge in [0.2, 0.25) is 0 Å². The molecule has 0 heterocycles. The number of aldehydes is 1. The van der Waals surface area contributed by atoms with Crippen LogP contribution >= 0.6 is 0 Å². The van der Waals surface area contributed by atoms with Crippen LogP contribution in [-0.2, 0) is 16.0 Å². The first-order valence-electron chi connectivity index (χ1n) is 5.61. The molecule has 1 aromatic rings. The summed E-state index contributed by atoms with van der Waals surface area (Å²) in [6, 6.07) is 0. The van der Waals surface area contributed by atoms with Gasteiger partial charge in [-0.05, 0) is 49.9 Å². The predicted molar refractivity (Wildman–Crippen MR) is 66.5 cm³/mol. The van der Waals surface area contributed by atoms with Crippen LogP contribution in [0.5, 0.6) is 5.75 Å². The molecule has 0 atom stereocenters. The highest BCUT2D eigenvalue weighted by molar-refractivity contribution is 5.73. The van der Waals surface area contributed by atoms with Crippen LogP contribution in [0.2, 0.25) is 0 Å². The fourth-order valence-electron chi connectivity index (χ4n) is 1.97. The van der Waals surface area contributed by atoms with E-state index >= 15 is 0 Å². The zero-order valence-electron chi connectivity index (χ0n) is 11.0. The average molecular weight is 234 g/mol. The van der Waals surface area contributed by atoms with Crippen molar-refractivity contribution < 1.29 is 14.3 Å². The van der Waals surface area contributed by atoms with Crippen molar-refractivity contribution in [3.8, 4) is 5.75 Å². The molecule has 17 heavy (non-hydrogen) atoms. The number of esters is 1. The second kappa shape index (κ2) is 5.13. The molecule has 0 unspecified atom stereocenters. The van der Waals surface area contributed by atoms with E-state index in [1.165, 1.54) is 6.92 Å². The molecule has 3 nitrogen and oxygen atoms in total. The second-order valence-electron chi connectivity index (χ2n) is 4.27. The lowest BCUT2D eigenvalue weighted by molar-refractivity contribution is -0.132. The summed E-state index contributed by atoms with van der Waals surface area (Å²) in [6.07, 6.45) is 1.11. The monoisotopic (exact) mass is 234 g/mol. The summed E-state index contributed by atoms with van der Waals surface area (Å²) >= 11 is 0. The Bertz CT molecular complexity index is 473. The Morgan fingerprint density at radius 2 is 1.59 bits per heavy atom. The largest absolute Gasteiger partial charge is 0.426 e. The first-order chi connectivity index (χ1) is 7.90. The van der Waals surface area contributed by atoms with E-state index in [1.54, 1.807) is 0 Å². The molecule has 0 spiro atoms. The van der Waals surface area contributed by atoms with E-state index in [1.807, 2.05) is 27.7 Å². The highest BCUT2D eigenvalue weighted by Crippen LogP contribution is 2.33. The van der Waals surface area contributed by atoms with Crippen molar-refractivity contribution in [2.24, 2.45) is 0 Å². The van der Waals surface area contributed by atoms with Crippen LogP contribution in [0.15, 0.2) is 0 Å². The van der Waals surface area contributed by atoms with E-state index in [0.717, 1.165) is 34.1 Å². The zero-order chi connectivity index (χ0) is 13.2. The van der Waals surface area contributed by atoms with Crippen LogP contribution in [0.3, 0.4) is 0 Å². The molecule has 0 aliphatic heterocycles. The minimum atomic E-state index is -0.358. The summed E-state index contributed by atoms with van der Waals surface area (Å²) < 4.78 is 5.25. The van der Waals surface area contributed by atoms with E-state index in [4.69, 9.17) is 4.74 Å². The molecule has 0 N–H and O–H groups in total. The third kappa shape index (κ3) is 2.54. The van der Waals surface area contributed by atoms with Gasteiger partial charge in [0.25, 0.3) is 0 Å². The molecule has 1 rings (SSSR count). The third-order valence-corrected chi connectivity index (χ3v) is 3.29. The molecule has 0 aliphatic carbocycles. The molecule has 1 aromatic carbocycles. The Morgan fingerprint density at radius 1 is 1.06 bits per heavy atom. The fraction of sp³-hybridized carbons (Fsp3) is 0.429. The van der Waals surface area contributed by atoms with Crippen LogP contribution < -0.4 is 4.74 Å². The fourth-order valence-corrected chi connectivity index (χ4v) is 1.97. The summed E-state index contributed by atoms with van der Waals surface area (Å²) in [6.45, 7) is 9.25. The van der Waals surface area contributed by atoms with Gasteiger partial charge >= 0.3 is 5.97 Å². The summed E-state index contributed by atoms with van der Waals surface area (Å²) in [5.41, 5.74) is 5.02. The highest BCUT2D eigenvalue weighted by Gasteiger charge is 2.17. The molecule has 0 aliphatic rings. The quantitative estimate of drug-likeness (QED) is 0.458. The predicted octanol–water partition coefficient (Wildman–Crippen LogP) is 2.59. The molecule has 0 saturated heterocycles. The van der Waals surface area contributed by atoms with Crippen molar-refractivity contribution in [3.05, 3.63) is 27.8 Å². The Morgan fingerprint density at radius 3 is 2.06 bits per heavy atom. The van der Waals surface area contributed by atoms with Crippen LogP contribution in [0, 0.1) is 27.7 Å². The average Bonchev–Trinajstić information content (AvgIpc) is 2.28. The first kappa shape index (κ1) is 13.4. The Balaban J connectivity index is 3.52. The normalized spacial score (nSPS) is 10.2. The van der Waals surface area contributed by atoms with Gasteiger partial charge in [0.1, 0.15) is 12.0 Å². The standard InChI is InChI=1S/C14H18O3/c1-8-9(2)11(4)14(17-12(5)16)13(6-7-15)10(8)3/h7H,6H2,1-5H3. The molecular weight excluding hydrogens is 216 g/mol. The number of carbonyl (C=O) groups excluding carboxylic acids is 2. The summed E-state index contributed by atoms with van der Waals surface area (Å²) in [4.78, 5) is 21.9. The molecule has 0 fully saturated rings. The van der Waals surface area contributed by atoms with Crippen LogP contribution in [0.4, 0.5) is 0 Å². The number of carbonyl (C=O) groups is 2. The maximum Gasteiger partial charge on any atom is 0.308 e. The molecule has 0 saturated carbocycles. The van der Waals surface area contributed by atoms with Crippen molar-refractivity contribution in [1.29, 1.82) is 0 Å². The number of hydrogen-bond acceptors (Lipinski definition) is 3. The maximum absolute atomic E-state index is 11.1. The van der Waals surface area contributed by atoms with Gasteiger partial charge in [0.05, 0.1) is 0 Å². The maximum atomic E-state index is 11.1. The highest BCUT2D eigenvalue weighted by atomic mass is 16.5. The van der Waals surface area contributed by atoms with Crippen LogP contribution in [0.25, 0.3) is 0 Å². The van der Waals surface area contributed by atoms with Gasteiger partial charge in [-0.15, -0.1) is 0 Å². The van der Waals surface area contributed by atoms with Gasteiger partial charge in [0.15, 0.2) is 0 Å². The SMILES string of the molecule is CC(=O)Oc1c(C)c(C)c(C)c(C)c1CC=O. The zero-order valence-corrected chi connectivity index (χ0v) is 11.0. The molecular formula is C14H18O3.